The fourth-order valence-corrected chi connectivity index (χ4v) is 3.25. The fourth-order valence-electron chi connectivity index (χ4n) is 3.25. The summed E-state index contributed by atoms with van der Waals surface area (Å²) in [6, 6.07) is 22.3. The Hall–Kier alpha value is -4.39. The number of aromatic nitrogens is 4. The molecule has 2 aromatic carbocycles. The minimum absolute atomic E-state index is 0.0553. The smallest absolute Gasteiger partial charge is 0.143 e. The van der Waals surface area contributed by atoms with E-state index in [1.54, 1.807) is 18.5 Å². The van der Waals surface area contributed by atoms with E-state index >= 15 is 0 Å². The van der Waals surface area contributed by atoms with E-state index < -0.39 is 0 Å². The number of aromatic hydroxyl groups is 1. The lowest BCUT2D eigenvalue weighted by Gasteiger charge is -2.04. The fraction of sp³-hybridized carbons (Fsp3) is 0. The Morgan fingerprint density at radius 1 is 0.700 bits per heavy atom. The number of hydrogen-bond donors (Lipinski definition) is 2. The zero-order valence-electron chi connectivity index (χ0n) is 15.8. The van der Waals surface area contributed by atoms with Crippen LogP contribution in [0.25, 0.3) is 33.5 Å². The monoisotopic (exact) mass is 392 g/mol. The van der Waals surface area contributed by atoms with Crippen molar-refractivity contribution in [1.82, 2.24) is 20.2 Å². The molecule has 5 aromatic rings. The van der Waals surface area contributed by atoms with E-state index in [4.69, 9.17) is 0 Å². The number of azo groups is 1. The maximum Gasteiger partial charge on any atom is 0.143 e. The molecule has 0 bridgehead atoms. The van der Waals surface area contributed by atoms with Gasteiger partial charge in [-0.2, -0.15) is 5.10 Å². The zero-order valence-corrected chi connectivity index (χ0v) is 15.8. The van der Waals surface area contributed by atoms with Gasteiger partial charge in [0, 0.05) is 17.8 Å². The number of pyridine rings is 2. The Bertz CT molecular complexity index is 1290. The molecule has 0 spiro atoms. The molecule has 0 aliphatic rings. The third kappa shape index (κ3) is 3.18. The van der Waals surface area contributed by atoms with E-state index in [9.17, 15) is 5.11 Å². The van der Waals surface area contributed by atoms with Crippen LogP contribution in [0.3, 0.4) is 0 Å². The lowest BCUT2D eigenvalue weighted by molar-refractivity contribution is 0.477. The molecule has 0 aliphatic heterocycles. The maximum absolute atomic E-state index is 10.4. The quantitative estimate of drug-likeness (QED) is 0.377. The van der Waals surface area contributed by atoms with Crippen LogP contribution in [0.2, 0.25) is 0 Å². The highest BCUT2D eigenvalue weighted by atomic mass is 16.3. The van der Waals surface area contributed by atoms with Crippen molar-refractivity contribution in [2.45, 2.75) is 0 Å². The predicted molar refractivity (Wildman–Crippen MR) is 115 cm³/mol. The van der Waals surface area contributed by atoms with Crippen LogP contribution in [0.15, 0.2) is 95.4 Å². The minimum Gasteiger partial charge on any atom is -0.506 e. The average Bonchev–Trinajstić information content (AvgIpc) is 3.23. The number of fused-ring (bicyclic) bond motifs is 1. The number of aromatic amines is 1. The van der Waals surface area contributed by atoms with Gasteiger partial charge < -0.3 is 5.11 Å². The normalized spacial score (nSPS) is 11.3. The van der Waals surface area contributed by atoms with E-state index in [2.05, 4.69) is 30.4 Å². The molecule has 0 radical (unpaired) electrons. The molecule has 0 unspecified atom stereocenters. The van der Waals surface area contributed by atoms with Crippen LogP contribution < -0.4 is 0 Å². The van der Waals surface area contributed by atoms with E-state index in [0.717, 1.165) is 10.8 Å². The highest BCUT2D eigenvalue weighted by molar-refractivity contribution is 5.95. The number of H-pyrrole nitrogens is 1. The summed E-state index contributed by atoms with van der Waals surface area (Å²) in [5, 5.41) is 28.5. The highest BCUT2D eigenvalue weighted by Crippen LogP contribution is 2.40. The Balaban J connectivity index is 1.69. The van der Waals surface area contributed by atoms with Gasteiger partial charge in [-0.3, -0.25) is 15.1 Å². The summed E-state index contributed by atoms with van der Waals surface area (Å²) in [6.07, 6.45) is 3.40. The standard InChI is InChI=1S/C23H16N6O/c30-19-12-11-15-7-1-2-8-16(15)20(19)26-29-23-21(17-9-3-5-13-24-17)27-28-22(23)18-10-4-6-14-25-18/h1-14,30H,(H,27,28). The first kappa shape index (κ1) is 17.7. The number of nitrogens with zero attached hydrogens (tertiary/aromatic N) is 5. The van der Waals surface area contributed by atoms with Crippen molar-refractivity contribution < 1.29 is 5.11 Å². The number of hydrogen-bond acceptors (Lipinski definition) is 6. The van der Waals surface area contributed by atoms with E-state index in [0.29, 0.717) is 34.2 Å². The first-order chi connectivity index (χ1) is 14.8. The Labute approximate surface area is 171 Å². The molecule has 0 fully saturated rings. The molecule has 7 nitrogen and oxygen atoms in total. The second-order valence-electron chi connectivity index (χ2n) is 6.58. The third-order valence-electron chi connectivity index (χ3n) is 4.70. The summed E-state index contributed by atoms with van der Waals surface area (Å²) in [5.41, 5.74) is 3.42. The van der Waals surface area contributed by atoms with Crippen molar-refractivity contribution in [3.05, 3.63) is 85.2 Å². The van der Waals surface area contributed by atoms with Gasteiger partial charge in [-0.15, -0.1) is 10.2 Å². The minimum atomic E-state index is 0.0553. The van der Waals surface area contributed by atoms with Crippen molar-refractivity contribution in [1.29, 1.82) is 0 Å². The molecular weight excluding hydrogens is 376 g/mol. The molecule has 0 amide bonds. The summed E-state index contributed by atoms with van der Waals surface area (Å²) < 4.78 is 0. The molecule has 30 heavy (non-hydrogen) atoms. The van der Waals surface area contributed by atoms with E-state index in [1.165, 1.54) is 0 Å². The van der Waals surface area contributed by atoms with Crippen LogP contribution in [0, 0.1) is 0 Å². The average molecular weight is 392 g/mol. The topological polar surface area (TPSA) is 99.4 Å². The molecule has 7 heteroatoms. The summed E-state index contributed by atoms with van der Waals surface area (Å²) >= 11 is 0. The Morgan fingerprint density at radius 2 is 1.40 bits per heavy atom. The van der Waals surface area contributed by atoms with Gasteiger partial charge in [0.2, 0.25) is 0 Å². The van der Waals surface area contributed by atoms with Crippen molar-refractivity contribution in [2.75, 3.05) is 0 Å². The summed E-state index contributed by atoms with van der Waals surface area (Å²) in [4.78, 5) is 8.78. The van der Waals surface area contributed by atoms with Gasteiger partial charge in [0.1, 0.15) is 28.5 Å². The van der Waals surface area contributed by atoms with Gasteiger partial charge in [-0.1, -0.05) is 42.5 Å². The summed E-state index contributed by atoms with van der Waals surface area (Å²) in [6.45, 7) is 0. The van der Waals surface area contributed by atoms with Gasteiger partial charge in [0.25, 0.3) is 0 Å². The number of nitrogens with one attached hydrogen (secondary N) is 1. The summed E-state index contributed by atoms with van der Waals surface area (Å²) in [7, 11) is 0. The molecule has 3 heterocycles. The third-order valence-corrected chi connectivity index (χ3v) is 4.70. The maximum atomic E-state index is 10.4. The molecule has 2 N–H and O–H groups in total. The van der Waals surface area contributed by atoms with Gasteiger partial charge >= 0.3 is 0 Å². The number of benzene rings is 2. The summed E-state index contributed by atoms with van der Waals surface area (Å²) in [5.74, 6) is 0.0553. The molecule has 3 aromatic heterocycles. The first-order valence-electron chi connectivity index (χ1n) is 9.35. The number of phenolic OH excluding ortho intramolecular Hbond substituents is 1. The van der Waals surface area contributed by atoms with Crippen molar-refractivity contribution >= 4 is 22.1 Å². The van der Waals surface area contributed by atoms with Crippen molar-refractivity contribution in [2.24, 2.45) is 10.2 Å². The van der Waals surface area contributed by atoms with E-state index in [1.807, 2.05) is 66.7 Å². The molecule has 5 rings (SSSR count). The molecule has 0 aliphatic carbocycles. The van der Waals surface area contributed by atoms with Crippen LogP contribution in [0.5, 0.6) is 5.75 Å². The molecule has 0 saturated carbocycles. The lowest BCUT2D eigenvalue weighted by Crippen LogP contribution is -1.83. The van der Waals surface area contributed by atoms with Crippen LogP contribution in [0.4, 0.5) is 11.4 Å². The van der Waals surface area contributed by atoms with Gasteiger partial charge in [-0.25, -0.2) is 0 Å². The molecule has 144 valence electrons. The van der Waals surface area contributed by atoms with Gasteiger partial charge in [0.05, 0.1) is 11.4 Å². The Morgan fingerprint density at radius 3 is 2.17 bits per heavy atom. The van der Waals surface area contributed by atoms with Gasteiger partial charge in [-0.05, 0) is 35.7 Å². The van der Waals surface area contributed by atoms with Crippen molar-refractivity contribution in [3.63, 3.8) is 0 Å². The molecular formula is C23H16N6O. The Kier molecular flexibility index (Phi) is 4.46. The number of phenols is 1. The lowest BCUT2D eigenvalue weighted by atomic mass is 10.1. The van der Waals surface area contributed by atoms with Crippen LogP contribution in [-0.2, 0) is 0 Å². The molecule has 0 saturated heterocycles. The van der Waals surface area contributed by atoms with Crippen LogP contribution in [-0.4, -0.2) is 25.3 Å². The second-order valence-corrected chi connectivity index (χ2v) is 6.58. The highest BCUT2D eigenvalue weighted by Gasteiger charge is 2.18. The molecule has 0 atom stereocenters. The van der Waals surface area contributed by atoms with Crippen LogP contribution in [0.1, 0.15) is 0 Å². The zero-order chi connectivity index (χ0) is 20.3. The predicted octanol–water partition coefficient (Wildman–Crippen LogP) is 5.81. The van der Waals surface area contributed by atoms with Crippen LogP contribution >= 0.6 is 0 Å². The second kappa shape index (κ2) is 7.56. The SMILES string of the molecule is Oc1ccc2ccccc2c1N=Nc1c(-c2ccccn2)n[nH]c1-c1ccccn1. The van der Waals surface area contributed by atoms with E-state index in [-0.39, 0.29) is 5.75 Å². The number of rotatable bonds is 4. The van der Waals surface area contributed by atoms with Crippen molar-refractivity contribution in [3.8, 4) is 28.5 Å². The first-order valence-corrected chi connectivity index (χ1v) is 9.35. The van der Waals surface area contributed by atoms with Gasteiger partial charge in [0.15, 0.2) is 0 Å². The largest absolute Gasteiger partial charge is 0.506 e.